The summed E-state index contributed by atoms with van der Waals surface area (Å²) < 4.78 is 12.3. The Morgan fingerprint density at radius 2 is 1.10 bits per heavy atom. The Labute approximate surface area is 133 Å². The molecule has 0 bridgehead atoms. The maximum atomic E-state index is 6.13. The van der Waals surface area contributed by atoms with Gasteiger partial charge in [-0.2, -0.15) is 0 Å². The van der Waals surface area contributed by atoms with E-state index in [1.54, 1.807) is 0 Å². The van der Waals surface area contributed by atoms with Crippen LogP contribution in [0.3, 0.4) is 0 Å². The van der Waals surface area contributed by atoms with Gasteiger partial charge in [-0.15, -0.1) is 0 Å². The molecule has 1 heterocycles. The van der Waals surface area contributed by atoms with E-state index < -0.39 is 0 Å². The van der Waals surface area contributed by atoms with Crippen molar-refractivity contribution in [2.45, 2.75) is 110 Å². The minimum absolute atomic E-state index is 0.241. The highest BCUT2D eigenvalue weighted by atomic mass is 16.7. The normalized spacial score (nSPS) is 18.6. The number of rotatable bonds is 12. The quantitative estimate of drug-likeness (QED) is 0.397. The molecule has 0 amide bonds. The number of ether oxygens (including phenoxy) is 2. The first kappa shape index (κ1) is 19.0. The van der Waals surface area contributed by atoms with Crippen LogP contribution in [0.1, 0.15) is 104 Å². The summed E-state index contributed by atoms with van der Waals surface area (Å²) in [5, 5.41) is 0. The molecule has 1 aliphatic heterocycles. The first-order valence-corrected chi connectivity index (χ1v) is 9.61. The number of unbranched alkanes of at least 4 members (excludes halogenated alkanes) is 8. The molecule has 1 aliphatic rings. The van der Waals surface area contributed by atoms with Crippen LogP contribution in [0.5, 0.6) is 0 Å². The van der Waals surface area contributed by atoms with Gasteiger partial charge in [-0.1, -0.05) is 65.2 Å². The Kier molecular flexibility index (Phi) is 11.3. The molecular weight excluding hydrogens is 260 g/mol. The molecule has 0 saturated carbocycles. The molecule has 0 aromatic carbocycles. The standard InChI is InChI=1S/C19H38O2/c1-3-5-7-8-9-10-11-12-16-19(15-6-4-2)20-17-13-14-18-21-19/h3-18H2,1-2H3. The van der Waals surface area contributed by atoms with Crippen LogP contribution in [0, 0.1) is 0 Å². The van der Waals surface area contributed by atoms with Gasteiger partial charge in [-0.05, 0) is 25.7 Å². The maximum absolute atomic E-state index is 6.13. The third kappa shape index (κ3) is 8.83. The molecule has 21 heavy (non-hydrogen) atoms. The molecule has 2 heteroatoms. The Bertz CT molecular complexity index is 220. The minimum Gasteiger partial charge on any atom is -0.350 e. The Hall–Kier alpha value is -0.0800. The van der Waals surface area contributed by atoms with Gasteiger partial charge >= 0.3 is 0 Å². The summed E-state index contributed by atoms with van der Waals surface area (Å²) in [7, 11) is 0. The van der Waals surface area contributed by atoms with Crippen LogP contribution in [0.25, 0.3) is 0 Å². The first-order valence-electron chi connectivity index (χ1n) is 9.61. The topological polar surface area (TPSA) is 18.5 Å². The summed E-state index contributed by atoms with van der Waals surface area (Å²) in [5.41, 5.74) is 0. The second kappa shape index (κ2) is 12.5. The van der Waals surface area contributed by atoms with E-state index in [9.17, 15) is 0 Å². The van der Waals surface area contributed by atoms with Crippen molar-refractivity contribution >= 4 is 0 Å². The predicted octanol–water partition coefficient (Wildman–Crippen LogP) is 6.23. The molecule has 0 aliphatic carbocycles. The van der Waals surface area contributed by atoms with Crippen molar-refractivity contribution in [2.24, 2.45) is 0 Å². The fourth-order valence-electron chi connectivity index (χ4n) is 3.15. The summed E-state index contributed by atoms with van der Waals surface area (Å²) in [5.74, 6) is -0.241. The summed E-state index contributed by atoms with van der Waals surface area (Å²) in [6.07, 6.45) is 17.9. The zero-order chi connectivity index (χ0) is 15.2. The third-order valence-electron chi connectivity index (χ3n) is 4.59. The zero-order valence-corrected chi connectivity index (χ0v) is 14.6. The maximum Gasteiger partial charge on any atom is 0.168 e. The van der Waals surface area contributed by atoms with Crippen LogP contribution < -0.4 is 0 Å². The fraction of sp³-hybridized carbons (Fsp3) is 1.00. The van der Waals surface area contributed by atoms with Crippen molar-refractivity contribution in [3.63, 3.8) is 0 Å². The molecule has 126 valence electrons. The van der Waals surface area contributed by atoms with Gasteiger partial charge in [-0.25, -0.2) is 0 Å². The van der Waals surface area contributed by atoms with Gasteiger partial charge in [0.25, 0.3) is 0 Å². The average molecular weight is 299 g/mol. The average Bonchev–Trinajstić information content (AvgIpc) is 2.74. The molecule has 0 spiro atoms. The number of hydrogen-bond acceptors (Lipinski definition) is 2. The molecule has 2 nitrogen and oxygen atoms in total. The van der Waals surface area contributed by atoms with Crippen LogP contribution in [0.2, 0.25) is 0 Å². The van der Waals surface area contributed by atoms with Crippen molar-refractivity contribution < 1.29 is 9.47 Å². The van der Waals surface area contributed by atoms with Crippen molar-refractivity contribution in [1.29, 1.82) is 0 Å². The Morgan fingerprint density at radius 1 is 0.619 bits per heavy atom. The lowest BCUT2D eigenvalue weighted by atomic mass is 10.00. The molecule has 0 radical (unpaired) electrons. The van der Waals surface area contributed by atoms with E-state index in [0.29, 0.717) is 0 Å². The zero-order valence-electron chi connectivity index (χ0n) is 14.6. The van der Waals surface area contributed by atoms with Crippen molar-refractivity contribution in [3.05, 3.63) is 0 Å². The van der Waals surface area contributed by atoms with Crippen LogP contribution in [0.15, 0.2) is 0 Å². The summed E-state index contributed by atoms with van der Waals surface area (Å²) >= 11 is 0. The van der Waals surface area contributed by atoms with Crippen molar-refractivity contribution in [1.82, 2.24) is 0 Å². The molecule has 1 fully saturated rings. The minimum atomic E-state index is -0.241. The molecule has 0 aromatic rings. The van der Waals surface area contributed by atoms with Gasteiger partial charge in [0.15, 0.2) is 5.79 Å². The summed E-state index contributed by atoms with van der Waals surface area (Å²) in [6, 6.07) is 0. The lowest BCUT2D eigenvalue weighted by Crippen LogP contribution is -2.35. The lowest BCUT2D eigenvalue weighted by Gasteiger charge is -2.32. The van der Waals surface area contributed by atoms with Gasteiger partial charge in [0, 0.05) is 12.8 Å². The van der Waals surface area contributed by atoms with Crippen LogP contribution in [-0.2, 0) is 9.47 Å². The second-order valence-corrected chi connectivity index (χ2v) is 6.64. The lowest BCUT2D eigenvalue weighted by molar-refractivity contribution is -0.234. The van der Waals surface area contributed by atoms with Crippen LogP contribution >= 0.6 is 0 Å². The van der Waals surface area contributed by atoms with Crippen LogP contribution in [-0.4, -0.2) is 19.0 Å². The number of hydrogen-bond donors (Lipinski definition) is 0. The molecule has 0 N–H and O–H groups in total. The van der Waals surface area contributed by atoms with E-state index in [0.717, 1.165) is 38.9 Å². The molecule has 1 rings (SSSR count). The first-order chi connectivity index (χ1) is 10.3. The van der Waals surface area contributed by atoms with E-state index in [-0.39, 0.29) is 5.79 Å². The van der Waals surface area contributed by atoms with Crippen LogP contribution in [0.4, 0.5) is 0 Å². The SMILES string of the molecule is CCCCCCCCCCC1(CCCC)OCCCCO1. The van der Waals surface area contributed by atoms with Crippen molar-refractivity contribution in [3.8, 4) is 0 Å². The Morgan fingerprint density at radius 3 is 1.67 bits per heavy atom. The highest BCUT2D eigenvalue weighted by molar-refractivity contribution is 4.72. The fourth-order valence-corrected chi connectivity index (χ4v) is 3.15. The smallest absolute Gasteiger partial charge is 0.168 e. The highest BCUT2D eigenvalue weighted by Gasteiger charge is 2.32. The summed E-state index contributed by atoms with van der Waals surface area (Å²) in [6.45, 7) is 6.31. The third-order valence-corrected chi connectivity index (χ3v) is 4.59. The molecular formula is C19H38O2. The molecule has 0 unspecified atom stereocenters. The van der Waals surface area contributed by atoms with E-state index >= 15 is 0 Å². The summed E-state index contributed by atoms with van der Waals surface area (Å²) in [4.78, 5) is 0. The molecule has 0 aromatic heterocycles. The second-order valence-electron chi connectivity index (χ2n) is 6.64. The van der Waals surface area contributed by atoms with E-state index in [1.165, 1.54) is 64.2 Å². The van der Waals surface area contributed by atoms with E-state index in [1.807, 2.05) is 0 Å². The van der Waals surface area contributed by atoms with E-state index in [4.69, 9.17) is 9.47 Å². The van der Waals surface area contributed by atoms with Gasteiger partial charge in [-0.3, -0.25) is 0 Å². The van der Waals surface area contributed by atoms with Gasteiger partial charge in [0.2, 0.25) is 0 Å². The highest BCUT2D eigenvalue weighted by Crippen LogP contribution is 2.30. The molecule has 1 saturated heterocycles. The van der Waals surface area contributed by atoms with Crippen molar-refractivity contribution in [2.75, 3.05) is 13.2 Å². The largest absolute Gasteiger partial charge is 0.350 e. The van der Waals surface area contributed by atoms with E-state index in [2.05, 4.69) is 13.8 Å². The van der Waals surface area contributed by atoms with Gasteiger partial charge < -0.3 is 9.47 Å². The monoisotopic (exact) mass is 298 g/mol. The predicted molar refractivity (Wildman–Crippen MR) is 90.6 cm³/mol. The Balaban J connectivity index is 2.17. The van der Waals surface area contributed by atoms with Gasteiger partial charge in [0.1, 0.15) is 0 Å². The molecule has 0 atom stereocenters. The van der Waals surface area contributed by atoms with Gasteiger partial charge in [0.05, 0.1) is 13.2 Å².